The van der Waals surface area contributed by atoms with Crippen molar-refractivity contribution >= 4 is 0 Å². The van der Waals surface area contributed by atoms with Crippen molar-refractivity contribution < 1.29 is 9.13 Å². The van der Waals surface area contributed by atoms with Gasteiger partial charge < -0.3 is 4.74 Å². The minimum Gasteiger partial charge on any atom is -0.489 e. The Morgan fingerprint density at radius 2 is 1.72 bits per heavy atom. The van der Waals surface area contributed by atoms with Gasteiger partial charge in [-0.2, -0.15) is 0 Å². The van der Waals surface area contributed by atoms with Gasteiger partial charge in [0.2, 0.25) is 0 Å². The molecule has 0 atom stereocenters. The molecular weight excluding hydrogens is 311 g/mol. The topological polar surface area (TPSA) is 9.23 Å². The molecule has 1 aliphatic rings. The van der Waals surface area contributed by atoms with Crippen LogP contribution in [-0.2, 0) is 6.61 Å². The van der Waals surface area contributed by atoms with Crippen molar-refractivity contribution in [1.82, 2.24) is 0 Å². The maximum absolute atomic E-state index is 13.6. The maximum atomic E-state index is 13.6. The third kappa shape index (κ3) is 4.84. The number of aryl methyl sites for hydroxylation is 1. The molecule has 2 heteroatoms. The van der Waals surface area contributed by atoms with Gasteiger partial charge in [0, 0.05) is 6.07 Å². The van der Waals surface area contributed by atoms with Crippen molar-refractivity contribution in [3.8, 4) is 5.75 Å². The standard InChI is InChI=1S/C23H29FO/c1-3-4-18-6-10-20(11-7-18)21-12-8-19(9-13-21)16-25-22-14-5-17(2)23(24)15-22/h5,8-9,12-15,18,20H,3-4,6-7,10-11,16H2,1-2H3. The predicted octanol–water partition coefficient (Wildman–Crippen LogP) is 6.79. The van der Waals surface area contributed by atoms with E-state index in [0.29, 0.717) is 23.8 Å². The number of hydrogen-bond donors (Lipinski definition) is 0. The summed E-state index contributed by atoms with van der Waals surface area (Å²) in [7, 11) is 0. The molecular formula is C23H29FO. The van der Waals surface area contributed by atoms with E-state index in [1.54, 1.807) is 13.0 Å². The quantitative estimate of drug-likeness (QED) is 0.562. The van der Waals surface area contributed by atoms with Crippen LogP contribution in [0.4, 0.5) is 4.39 Å². The third-order valence-electron chi connectivity index (χ3n) is 5.54. The first-order chi connectivity index (χ1) is 12.2. The van der Waals surface area contributed by atoms with Crippen LogP contribution in [0.5, 0.6) is 5.75 Å². The molecule has 0 bridgehead atoms. The average Bonchev–Trinajstić information content (AvgIpc) is 2.64. The minimum absolute atomic E-state index is 0.216. The molecule has 134 valence electrons. The van der Waals surface area contributed by atoms with E-state index in [9.17, 15) is 4.39 Å². The molecule has 0 unspecified atom stereocenters. The zero-order chi connectivity index (χ0) is 17.6. The van der Waals surface area contributed by atoms with E-state index >= 15 is 0 Å². The van der Waals surface area contributed by atoms with Gasteiger partial charge in [-0.3, -0.25) is 0 Å². The lowest BCUT2D eigenvalue weighted by Gasteiger charge is -2.28. The summed E-state index contributed by atoms with van der Waals surface area (Å²) in [4.78, 5) is 0. The molecule has 1 saturated carbocycles. The van der Waals surface area contributed by atoms with Crippen LogP contribution in [0.1, 0.15) is 68.1 Å². The number of benzene rings is 2. The summed E-state index contributed by atoms with van der Waals surface area (Å²) in [6, 6.07) is 13.8. The predicted molar refractivity (Wildman–Crippen MR) is 102 cm³/mol. The van der Waals surface area contributed by atoms with Gasteiger partial charge in [-0.1, -0.05) is 50.1 Å². The Morgan fingerprint density at radius 1 is 1.00 bits per heavy atom. The molecule has 1 fully saturated rings. The highest BCUT2D eigenvalue weighted by Crippen LogP contribution is 2.37. The van der Waals surface area contributed by atoms with Gasteiger partial charge in [-0.25, -0.2) is 4.39 Å². The Hall–Kier alpha value is -1.83. The SMILES string of the molecule is CCCC1CCC(c2ccc(COc3ccc(C)c(F)c3)cc2)CC1. The van der Waals surface area contributed by atoms with E-state index in [1.165, 1.54) is 50.2 Å². The Morgan fingerprint density at radius 3 is 2.36 bits per heavy atom. The number of ether oxygens (including phenoxy) is 1. The summed E-state index contributed by atoms with van der Waals surface area (Å²) in [6.07, 6.45) is 8.11. The number of halogens is 1. The van der Waals surface area contributed by atoms with Crippen LogP contribution in [0.3, 0.4) is 0 Å². The van der Waals surface area contributed by atoms with Crippen molar-refractivity contribution in [1.29, 1.82) is 0 Å². The highest BCUT2D eigenvalue weighted by atomic mass is 19.1. The van der Waals surface area contributed by atoms with Gasteiger partial charge in [0.05, 0.1) is 0 Å². The molecule has 3 rings (SSSR count). The van der Waals surface area contributed by atoms with Crippen molar-refractivity contribution in [2.75, 3.05) is 0 Å². The van der Waals surface area contributed by atoms with Gasteiger partial charge >= 0.3 is 0 Å². The molecule has 0 heterocycles. The second-order valence-corrected chi connectivity index (χ2v) is 7.45. The lowest BCUT2D eigenvalue weighted by molar-refractivity contribution is 0.303. The van der Waals surface area contributed by atoms with Crippen LogP contribution in [0.2, 0.25) is 0 Å². The zero-order valence-corrected chi connectivity index (χ0v) is 15.4. The normalized spacial score (nSPS) is 20.4. The number of hydrogen-bond acceptors (Lipinski definition) is 1. The molecule has 0 amide bonds. The molecule has 1 aliphatic carbocycles. The Balaban J connectivity index is 1.53. The molecule has 0 radical (unpaired) electrons. The fourth-order valence-corrected chi connectivity index (χ4v) is 3.91. The van der Waals surface area contributed by atoms with Crippen molar-refractivity contribution in [3.63, 3.8) is 0 Å². The molecule has 0 aliphatic heterocycles. The van der Waals surface area contributed by atoms with E-state index < -0.39 is 0 Å². The van der Waals surface area contributed by atoms with Crippen molar-refractivity contribution in [2.24, 2.45) is 5.92 Å². The molecule has 0 spiro atoms. The molecule has 0 saturated heterocycles. The van der Waals surface area contributed by atoms with Crippen LogP contribution in [0, 0.1) is 18.7 Å². The van der Waals surface area contributed by atoms with E-state index in [0.717, 1.165) is 11.5 Å². The first-order valence-corrected chi connectivity index (χ1v) is 9.63. The first kappa shape index (κ1) is 18.0. The average molecular weight is 340 g/mol. The third-order valence-corrected chi connectivity index (χ3v) is 5.54. The monoisotopic (exact) mass is 340 g/mol. The van der Waals surface area contributed by atoms with Gasteiger partial charge in [0.1, 0.15) is 18.2 Å². The van der Waals surface area contributed by atoms with Gasteiger partial charge in [0.25, 0.3) is 0 Å². The summed E-state index contributed by atoms with van der Waals surface area (Å²) in [5.74, 6) is 2.03. The second kappa shape index (κ2) is 8.51. The van der Waals surface area contributed by atoms with Crippen LogP contribution in [0.25, 0.3) is 0 Å². The molecule has 1 nitrogen and oxygen atoms in total. The van der Waals surface area contributed by atoms with Crippen molar-refractivity contribution in [3.05, 3.63) is 65.0 Å². The molecule has 25 heavy (non-hydrogen) atoms. The van der Waals surface area contributed by atoms with Crippen LogP contribution < -0.4 is 4.74 Å². The van der Waals surface area contributed by atoms with E-state index in [4.69, 9.17) is 4.74 Å². The highest BCUT2D eigenvalue weighted by Gasteiger charge is 2.21. The smallest absolute Gasteiger partial charge is 0.129 e. The second-order valence-electron chi connectivity index (χ2n) is 7.45. The van der Waals surface area contributed by atoms with Crippen LogP contribution in [-0.4, -0.2) is 0 Å². The van der Waals surface area contributed by atoms with Gasteiger partial charge in [-0.05, 0) is 67.2 Å². The molecule has 0 N–H and O–H groups in total. The Kier molecular flexibility index (Phi) is 6.12. The summed E-state index contributed by atoms with van der Waals surface area (Å²) in [5.41, 5.74) is 3.23. The lowest BCUT2D eigenvalue weighted by atomic mass is 9.77. The van der Waals surface area contributed by atoms with E-state index in [1.807, 2.05) is 6.07 Å². The fraction of sp³-hybridized carbons (Fsp3) is 0.478. The maximum Gasteiger partial charge on any atom is 0.129 e. The van der Waals surface area contributed by atoms with Gasteiger partial charge in [0.15, 0.2) is 0 Å². The van der Waals surface area contributed by atoms with Gasteiger partial charge in [-0.15, -0.1) is 0 Å². The van der Waals surface area contributed by atoms with Crippen LogP contribution in [0.15, 0.2) is 42.5 Å². The number of rotatable bonds is 6. The highest BCUT2D eigenvalue weighted by molar-refractivity contribution is 5.29. The largest absolute Gasteiger partial charge is 0.489 e. The molecule has 0 aromatic heterocycles. The summed E-state index contributed by atoms with van der Waals surface area (Å²) >= 11 is 0. The fourth-order valence-electron chi connectivity index (χ4n) is 3.91. The summed E-state index contributed by atoms with van der Waals surface area (Å²) < 4.78 is 19.3. The Labute approximate surface area is 151 Å². The molecule has 2 aromatic rings. The zero-order valence-electron chi connectivity index (χ0n) is 15.4. The van der Waals surface area contributed by atoms with E-state index in [2.05, 4.69) is 31.2 Å². The van der Waals surface area contributed by atoms with E-state index in [-0.39, 0.29) is 5.82 Å². The molecule has 2 aromatic carbocycles. The first-order valence-electron chi connectivity index (χ1n) is 9.63. The summed E-state index contributed by atoms with van der Waals surface area (Å²) in [5, 5.41) is 0. The van der Waals surface area contributed by atoms with Crippen LogP contribution >= 0.6 is 0 Å². The Bertz CT molecular complexity index is 669. The van der Waals surface area contributed by atoms with Crippen molar-refractivity contribution in [2.45, 2.75) is 64.9 Å². The summed E-state index contributed by atoms with van der Waals surface area (Å²) in [6.45, 7) is 4.53. The lowest BCUT2D eigenvalue weighted by Crippen LogP contribution is -2.13. The minimum atomic E-state index is -0.216.